The van der Waals surface area contributed by atoms with Gasteiger partial charge in [-0.1, -0.05) is 23.7 Å². The molecule has 2 atom stereocenters. The number of aryl methyl sites for hydroxylation is 1. The average Bonchev–Trinajstić information content (AvgIpc) is 2.76. The van der Waals surface area contributed by atoms with Crippen molar-refractivity contribution in [1.29, 1.82) is 0 Å². The van der Waals surface area contributed by atoms with Gasteiger partial charge in [-0.3, -0.25) is 4.79 Å². The molecule has 0 spiro atoms. The third kappa shape index (κ3) is 1.83. The van der Waals surface area contributed by atoms with Crippen molar-refractivity contribution in [1.82, 2.24) is 10.6 Å². The Bertz CT molecular complexity index is 464. The van der Waals surface area contributed by atoms with Gasteiger partial charge in [0.25, 0.3) is 5.91 Å². The number of nitrogens with one attached hydrogen (secondary N) is 2. The first kappa shape index (κ1) is 11.1. The van der Waals surface area contributed by atoms with E-state index in [4.69, 9.17) is 11.6 Å². The molecule has 1 aliphatic carbocycles. The summed E-state index contributed by atoms with van der Waals surface area (Å²) < 4.78 is 0. The van der Waals surface area contributed by atoms with E-state index >= 15 is 0 Å². The Morgan fingerprint density at radius 1 is 1.41 bits per heavy atom. The molecule has 3 rings (SSSR count). The molecule has 1 aromatic rings. The molecule has 1 aliphatic heterocycles. The average molecular weight is 251 g/mol. The van der Waals surface area contributed by atoms with Crippen LogP contribution in [0.15, 0.2) is 18.2 Å². The van der Waals surface area contributed by atoms with Crippen LogP contribution in [0.5, 0.6) is 0 Å². The predicted octanol–water partition coefficient (Wildman–Crippen LogP) is 1.60. The van der Waals surface area contributed by atoms with Crippen molar-refractivity contribution in [2.24, 2.45) is 11.8 Å². The normalized spacial score (nSPS) is 29.9. The molecule has 2 aliphatic rings. The van der Waals surface area contributed by atoms with Crippen molar-refractivity contribution in [3.8, 4) is 0 Å². The van der Waals surface area contributed by atoms with Crippen LogP contribution >= 0.6 is 11.6 Å². The highest BCUT2D eigenvalue weighted by molar-refractivity contribution is 6.34. The predicted molar refractivity (Wildman–Crippen MR) is 67.3 cm³/mol. The summed E-state index contributed by atoms with van der Waals surface area (Å²) in [6, 6.07) is 5.90. The second-order valence-corrected chi connectivity index (χ2v) is 5.30. The molecule has 1 heterocycles. The van der Waals surface area contributed by atoms with Crippen LogP contribution in [0.2, 0.25) is 5.02 Å². The molecule has 0 radical (unpaired) electrons. The van der Waals surface area contributed by atoms with Gasteiger partial charge in [-0.05, 0) is 30.4 Å². The highest BCUT2D eigenvalue weighted by Gasteiger charge is 2.53. The first-order valence-electron chi connectivity index (χ1n) is 5.95. The van der Waals surface area contributed by atoms with E-state index in [9.17, 15) is 4.79 Å². The molecular weight excluding hydrogens is 236 g/mol. The Labute approximate surface area is 106 Å². The summed E-state index contributed by atoms with van der Waals surface area (Å²) in [4.78, 5) is 12.1. The largest absolute Gasteiger partial charge is 0.349 e. The lowest BCUT2D eigenvalue weighted by Crippen LogP contribution is -2.32. The van der Waals surface area contributed by atoms with Crippen LogP contribution in [0.3, 0.4) is 0 Å². The van der Waals surface area contributed by atoms with Gasteiger partial charge < -0.3 is 10.6 Å². The summed E-state index contributed by atoms with van der Waals surface area (Å²) in [6.07, 6.45) is 0. The fraction of sp³-hybridized carbons (Fsp3) is 0.462. The summed E-state index contributed by atoms with van der Waals surface area (Å²) in [5, 5.41) is 6.95. The Morgan fingerprint density at radius 2 is 2.12 bits per heavy atom. The van der Waals surface area contributed by atoms with E-state index < -0.39 is 0 Å². The molecule has 3 nitrogen and oxygen atoms in total. The van der Waals surface area contributed by atoms with Crippen LogP contribution in [-0.4, -0.2) is 25.0 Å². The summed E-state index contributed by atoms with van der Waals surface area (Å²) >= 11 is 6.14. The quantitative estimate of drug-likeness (QED) is 0.837. The van der Waals surface area contributed by atoms with Gasteiger partial charge >= 0.3 is 0 Å². The molecule has 0 bridgehead atoms. The minimum atomic E-state index is -0.0434. The first-order chi connectivity index (χ1) is 8.18. The van der Waals surface area contributed by atoms with Crippen LogP contribution in [0.4, 0.5) is 0 Å². The minimum Gasteiger partial charge on any atom is -0.349 e. The van der Waals surface area contributed by atoms with Crippen molar-refractivity contribution in [2.45, 2.75) is 13.0 Å². The monoisotopic (exact) mass is 250 g/mol. The lowest BCUT2D eigenvalue weighted by atomic mass is 10.1. The number of fused-ring (bicyclic) bond motifs is 1. The number of carbonyl (C=O) groups excluding carboxylic acids is 1. The van der Waals surface area contributed by atoms with Gasteiger partial charge in [-0.25, -0.2) is 0 Å². The molecule has 2 unspecified atom stereocenters. The molecule has 1 aromatic carbocycles. The van der Waals surface area contributed by atoms with E-state index in [1.165, 1.54) is 0 Å². The van der Waals surface area contributed by atoms with E-state index in [1.807, 2.05) is 19.1 Å². The number of rotatable bonds is 2. The van der Waals surface area contributed by atoms with E-state index in [0.717, 1.165) is 18.7 Å². The molecule has 2 N–H and O–H groups in total. The second-order valence-electron chi connectivity index (χ2n) is 4.92. The standard InChI is InChI=1S/C13H15ClN2O/c1-7-3-2-4-8(11(7)14)13(17)16-12-9-5-15-6-10(9)12/h2-4,9-10,12,15H,5-6H2,1H3,(H,16,17). The Balaban J connectivity index is 1.72. The number of benzene rings is 1. The molecule has 4 heteroatoms. The summed E-state index contributed by atoms with van der Waals surface area (Å²) in [5.74, 6) is 1.21. The lowest BCUT2D eigenvalue weighted by molar-refractivity contribution is 0.0946. The van der Waals surface area contributed by atoms with E-state index in [1.54, 1.807) is 6.07 Å². The van der Waals surface area contributed by atoms with Crippen LogP contribution in [0.1, 0.15) is 15.9 Å². The lowest BCUT2D eigenvalue weighted by Gasteiger charge is -2.09. The maximum absolute atomic E-state index is 12.1. The van der Waals surface area contributed by atoms with Gasteiger partial charge in [0.2, 0.25) is 0 Å². The topological polar surface area (TPSA) is 41.1 Å². The van der Waals surface area contributed by atoms with Gasteiger partial charge in [0.1, 0.15) is 0 Å². The van der Waals surface area contributed by atoms with Crippen molar-refractivity contribution in [3.63, 3.8) is 0 Å². The summed E-state index contributed by atoms with van der Waals surface area (Å²) in [5.41, 5.74) is 1.53. The van der Waals surface area contributed by atoms with E-state index in [-0.39, 0.29) is 5.91 Å². The summed E-state index contributed by atoms with van der Waals surface area (Å²) in [7, 11) is 0. The second kappa shape index (κ2) is 4.00. The molecule has 17 heavy (non-hydrogen) atoms. The highest BCUT2D eigenvalue weighted by Crippen LogP contribution is 2.41. The zero-order valence-electron chi connectivity index (χ0n) is 9.66. The molecule has 90 valence electrons. The number of piperidine rings is 1. The first-order valence-corrected chi connectivity index (χ1v) is 6.33. The van der Waals surface area contributed by atoms with Crippen LogP contribution in [0.25, 0.3) is 0 Å². The zero-order chi connectivity index (χ0) is 12.0. The molecule has 1 amide bonds. The SMILES string of the molecule is Cc1cccc(C(=O)NC2C3CNCC32)c1Cl. The number of amides is 1. The van der Waals surface area contributed by atoms with Crippen LogP contribution in [-0.2, 0) is 0 Å². The van der Waals surface area contributed by atoms with Crippen molar-refractivity contribution in [3.05, 3.63) is 34.3 Å². The third-order valence-corrected chi connectivity index (χ3v) is 4.33. The maximum Gasteiger partial charge on any atom is 0.253 e. The van der Waals surface area contributed by atoms with Crippen molar-refractivity contribution >= 4 is 17.5 Å². The van der Waals surface area contributed by atoms with Gasteiger partial charge in [-0.15, -0.1) is 0 Å². The number of hydrogen-bond acceptors (Lipinski definition) is 2. The number of halogens is 1. The smallest absolute Gasteiger partial charge is 0.253 e. The minimum absolute atomic E-state index is 0.0434. The van der Waals surface area contributed by atoms with Crippen molar-refractivity contribution < 1.29 is 4.79 Å². The van der Waals surface area contributed by atoms with Gasteiger partial charge in [0.15, 0.2) is 0 Å². The molecule has 2 fully saturated rings. The number of carbonyl (C=O) groups is 1. The fourth-order valence-corrected chi connectivity index (χ4v) is 2.90. The molecule has 1 saturated carbocycles. The highest BCUT2D eigenvalue weighted by atomic mass is 35.5. The van der Waals surface area contributed by atoms with E-state index in [0.29, 0.717) is 28.5 Å². The Morgan fingerprint density at radius 3 is 2.82 bits per heavy atom. The Hall–Kier alpha value is -1.06. The zero-order valence-corrected chi connectivity index (χ0v) is 10.4. The molecule has 0 aromatic heterocycles. The third-order valence-electron chi connectivity index (χ3n) is 3.83. The molecular formula is C13H15ClN2O. The van der Waals surface area contributed by atoms with Crippen LogP contribution < -0.4 is 10.6 Å². The fourth-order valence-electron chi connectivity index (χ4n) is 2.68. The van der Waals surface area contributed by atoms with E-state index in [2.05, 4.69) is 10.6 Å². The van der Waals surface area contributed by atoms with Gasteiger partial charge in [-0.2, -0.15) is 0 Å². The maximum atomic E-state index is 12.1. The van der Waals surface area contributed by atoms with Crippen LogP contribution in [0, 0.1) is 18.8 Å². The molecule has 1 saturated heterocycles. The van der Waals surface area contributed by atoms with Gasteiger partial charge in [0.05, 0.1) is 10.6 Å². The van der Waals surface area contributed by atoms with Gasteiger partial charge in [0, 0.05) is 19.1 Å². The Kier molecular flexibility index (Phi) is 2.60. The van der Waals surface area contributed by atoms with Crippen molar-refractivity contribution in [2.75, 3.05) is 13.1 Å². The summed E-state index contributed by atoms with van der Waals surface area (Å²) in [6.45, 7) is 3.96. The number of hydrogen-bond donors (Lipinski definition) is 2.